The summed E-state index contributed by atoms with van der Waals surface area (Å²) in [6, 6.07) is 14.4. The SMILES string of the molecule is O=C(NNc1c(Cl)cccc1Cl)OCc1ccccc1. The molecule has 0 saturated carbocycles. The van der Waals surface area contributed by atoms with E-state index >= 15 is 0 Å². The molecule has 6 heteroatoms. The van der Waals surface area contributed by atoms with Gasteiger partial charge >= 0.3 is 6.09 Å². The molecule has 0 unspecified atom stereocenters. The summed E-state index contributed by atoms with van der Waals surface area (Å²) in [4.78, 5) is 11.5. The summed E-state index contributed by atoms with van der Waals surface area (Å²) in [6.07, 6.45) is -0.621. The van der Waals surface area contributed by atoms with Gasteiger partial charge in [0.15, 0.2) is 0 Å². The van der Waals surface area contributed by atoms with E-state index in [1.807, 2.05) is 30.3 Å². The average molecular weight is 311 g/mol. The molecule has 0 heterocycles. The van der Waals surface area contributed by atoms with Crippen molar-refractivity contribution in [2.75, 3.05) is 5.43 Å². The van der Waals surface area contributed by atoms with E-state index in [2.05, 4.69) is 10.9 Å². The monoisotopic (exact) mass is 310 g/mol. The van der Waals surface area contributed by atoms with Gasteiger partial charge in [0.05, 0.1) is 15.7 Å². The molecule has 0 fully saturated rings. The molecule has 2 aromatic rings. The van der Waals surface area contributed by atoms with E-state index in [0.29, 0.717) is 15.7 Å². The number of benzene rings is 2. The van der Waals surface area contributed by atoms with E-state index in [1.54, 1.807) is 18.2 Å². The number of anilines is 1. The summed E-state index contributed by atoms with van der Waals surface area (Å²) in [5.41, 5.74) is 6.32. The molecule has 0 atom stereocenters. The van der Waals surface area contributed by atoms with E-state index in [0.717, 1.165) is 5.56 Å². The molecule has 2 rings (SSSR count). The second-order valence-electron chi connectivity index (χ2n) is 3.91. The number of nitrogens with one attached hydrogen (secondary N) is 2. The maximum atomic E-state index is 11.5. The van der Waals surface area contributed by atoms with Gasteiger partial charge < -0.3 is 4.74 Å². The zero-order chi connectivity index (χ0) is 14.4. The fourth-order valence-electron chi connectivity index (χ4n) is 1.49. The molecule has 0 aliphatic rings. The number of rotatable bonds is 4. The third-order valence-electron chi connectivity index (χ3n) is 2.47. The Labute approximate surface area is 126 Å². The fourth-order valence-corrected chi connectivity index (χ4v) is 1.98. The molecule has 0 bridgehead atoms. The van der Waals surface area contributed by atoms with Crippen LogP contribution in [0, 0.1) is 0 Å². The first-order valence-corrected chi connectivity index (χ1v) is 6.59. The number of amides is 1. The van der Waals surface area contributed by atoms with Crippen LogP contribution < -0.4 is 10.9 Å². The van der Waals surface area contributed by atoms with Crippen LogP contribution in [0.1, 0.15) is 5.56 Å². The van der Waals surface area contributed by atoms with Crippen LogP contribution in [0.25, 0.3) is 0 Å². The van der Waals surface area contributed by atoms with Gasteiger partial charge in [0.2, 0.25) is 0 Å². The summed E-state index contributed by atoms with van der Waals surface area (Å²) in [5, 5.41) is 0.807. The van der Waals surface area contributed by atoms with Crippen molar-refractivity contribution < 1.29 is 9.53 Å². The smallest absolute Gasteiger partial charge is 0.426 e. The molecule has 104 valence electrons. The number of hydrogen-bond acceptors (Lipinski definition) is 3. The molecule has 1 amide bonds. The molecule has 20 heavy (non-hydrogen) atoms. The first kappa shape index (κ1) is 14.5. The standard InChI is InChI=1S/C14H12Cl2N2O2/c15-11-7-4-8-12(16)13(11)17-18-14(19)20-9-10-5-2-1-3-6-10/h1-8,17H,9H2,(H,18,19). The number of hydrazine groups is 1. The molecular formula is C14H12Cl2N2O2. The van der Waals surface area contributed by atoms with Crippen molar-refractivity contribution in [2.24, 2.45) is 0 Å². The van der Waals surface area contributed by atoms with Crippen LogP contribution in [-0.4, -0.2) is 6.09 Å². The second-order valence-corrected chi connectivity index (χ2v) is 4.72. The van der Waals surface area contributed by atoms with Crippen LogP contribution in [0.2, 0.25) is 10.0 Å². The Hall–Kier alpha value is -1.91. The Bertz CT molecular complexity index is 571. The highest BCUT2D eigenvalue weighted by Crippen LogP contribution is 2.28. The van der Waals surface area contributed by atoms with E-state index in [1.165, 1.54) is 0 Å². The number of ether oxygens (including phenoxy) is 1. The topological polar surface area (TPSA) is 50.4 Å². The average Bonchev–Trinajstić information content (AvgIpc) is 2.46. The van der Waals surface area contributed by atoms with Gasteiger partial charge in [0, 0.05) is 0 Å². The molecule has 0 radical (unpaired) electrons. The van der Waals surface area contributed by atoms with Gasteiger partial charge in [-0.3, -0.25) is 5.43 Å². The molecular weight excluding hydrogens is 299 g/mol. The summed E-state index contributed by atoms with van der Waals surface area (Å²) in [6.45, 7) is 0.185. The number of carbonyl (C=O) groups excluding carboxylic acids is 1. The van der Waals surface area contributed by atoms with E-state index in [-0.39, 0.29) is 6.61 Å². The van der Waals surface area contributed by atoms with Crippen molar-refractivity contribution in [3.63, 3.8) is 0 Å². The van der Waals surface area contributed by atoms with Gasteiger partial charge in [-0.2, -0.15) is 0 Å². The minimum atomic E-state index is -0.621. The molecule has 4 nitrogen and oxygen atoms in total. The Balaban J connectivity index is 1.84. The van der Waals surface area contributed by atoms with Crippen molar-refractivity contribution in [2.45, 2.75) is 6.61 Å². The lowest BCUT2D eigenvalue weighted by Gasteiger charge is -2.11. The molecule has 0 aromatic heterocycles. The fraction of sp³-hybridized carbons (Fsp3) is 0.0714. The molecule has 0 aliphatic heterocycles. The quantitative estimate of drug-likeness (QED) is 0.830. The minimum absolute atomic E-state index is 0.185. The molecule has 0 saturated heterocycles. The molecule has 2 aromatic carbocycles. The Morgan fingerprint density at radius 3 is 2.30 bits per heavy atom. The number of para-hydroxylation sites is 1. The second kappa shape index (κ2) is 7.03. The van der Waals surface area contributed by atoms with Crippen LogP contribution in [0.4, 0.5) is 10.5 Å². The number of carbonyl (C=O) groups is 1. The molecule has 0 aliphatic carbocycles. The zero-order valence-corrected chi connectivity index (χ0v) is 11.9. The summed E-state index contributed by atoms with van der Waals surface area (Å²) < 4.78 is 5.03. The Morgan fingerprint density at radius 1 is 1.00 bits per heavy atom. The Kier molecular flexibility index (Phi) is 5.09. The number of hydrogen-bond donors (Lipinski definition) is 2. The zero-order valence-electron chi connectivity index (χ0n) is 10.4. The van der Waals surface area contributed by atoms with Crippen LogP contribution in [0.3, 0.4) is 0 Å². The third kappa shape index (κ3) is 4.05. The lowest BCUT2D eigenvalue weighted by Crippen LogP contribution is -2.30. The molecule has 0 spiro atoms. The predicted molar refractivity (Wildman–Crippen MR) is 79.8 cm³/mol. The maximum Gasteiger partial charge on any atom is 0.426 e. The highest BCUT2D eigenvalue weighted by atomic mass is 35.5. The largest absolute Gasteiger partial charge is 0.443 e. The van der Waals surface area contributed by atoms with Gasteiger partial charge in [-0.15, -0.1) is 0 Å². The first-order chi connectivity index (χ1) is 9.66. The van der Waals surface area contributed by atoms with Crippen molar-refractivity contribution in [3.05, 3.63) is 64.1 Å². The first-order valence-electron chi connectivity index (χ1n) is 5.83. The number of halogens is 2. The van der Waals surface area contributed by atoms with E-state index < -0.39 is 6.09 Å². The van der Waals surface area contributed by atoms with Crippen LogP contribution in [-0.2, 0) is 11.3 Å². The van der Waals surface area contributed by atoms with Gasteiger partial charge in [0.25, 0.3) is 0 Å². The Morgan fingerprint density at radius 2 is 1.65 bits per heavy atom. The van der Waals surface area contributed by atoms with E-state index in [4.69, 9.17) is 27.9 Å². The minimum Gasteiger partial charge on any atom is -0.443 e. The van der Waals surface area contributed by atoms with Gasteiger partial charge in [-0.05, 0) is 17.7 Å². The van der Waals surface area contributed by atoms with Gasteiger partial charge in [0.1, 0.15) is 6.61 Å². The molecule has 2 N–H and O–H groups in total. The van der Waals surface area contributed by atoms with Gasteiger partial charge in [-0.1, -0.05) is 59.6 Å². The summed E-state index contributed by atoms with van der Waals surface area (Å²) in [5.74, 6) is 0. The lowest BCUT2D eigenvalue weighted by atomic mass is 10.2. The van der Waals surface area contributed by atoms with Crippen LogP contribution >= 0.6 is 23.2 Å². The van der Waals surface area contributed by atoms with Crippen molar-refractivity contribution in [3.8, 4) is 0 Å². The van der Waals surface area contributed by atoms with E-state index in [9.17, 15) is 4.79 Å². The summed E-state index contributed by atoms with van der Waals surface area (Å²) in [7, 11) is 0. The van der Waals surface area contributed by atoms with Crippen molar-refractivity contribution in [1.82, 2.24) is 5.43 Å². The summed E-state index contributed by atoms with van der Waals surface area (Å²) >= 11 is 11.9. The maximum absolute atomic E-state index is 11.5. The van der Waals surface area contributed by atoms with Crippen molar-refractivity contribution in [1.29, 1.82) is 0 Å². The third-order valence-corrected chi connectivity index (χ3v) is 3.10. The van der Waals surface area contributed by atoms with Crippen LogP contribution in [0.15, 0.2) is 48.5 Å². The van der Waals surface area contributed by atoms with Gasteiger partial charge in [-0.25, -0.2) is 10.2 Å². The highest BCUT2D eigenvalue weighted by molar-refractivity contribution is 6.39. The van der Waals surface area contributed by atoms with Crippen molar-refractivity contribution >= 4 is 35.0 Å². The predicted octanol–water partition coefficient (Wildman–Crippen LogP) is 4.25. The van der Waals surface area contributed by atoms with Crippen LogP contribution in [0.5, 0.6) is 0 Å². The highest BCUT2D eigenvalue weighted by Gasteiger charge is 2.07. The normalized spacial score (nSPS) is 9.90. The lowest BCUT2D eigenvalue weighted by molar-refractivity contribution is 0.142.